The molecular formula is C44H54. The Kier molecular flexibility index (Phi) is 8.92. The van der Waals surface area contributed by atoms with E-state index in [-0.39, 0.29) is 5.41 Å². The zero-order valence-electron chi connectivity index (χ0n) is 28.4. The number of fused-ring (bicyclic) bond motifs is 4. The molecule has 0 fully saturated rings. The van der Waals surface area contributed by atoms with E-state index in [9.17, 15) is 0 Å². The quantitative estimate of drug-likeness (QED) is 0.146. The Hall–Kier alpha value is -3.12. The Morgan fingerprint density at radius 2 is 1.27 bits per heavy atom. The van der Waals surface area contributed by atoms with Crippen molar-refractivity contribution in [3.8, 4) is 11.1 Å². The molecule has 1 atom stereocenters. The maximum absolute atomic E-state index is 2.60. The number of rotatable bonds is 12. The highest BCUT2D eigenvalue weighted by Crippen LogP contribution is 2.56. The Bertz CT molecular complexity index is 1560. The fraction of sp³-hybridized carbons (Fsp3) is 0.455. The summed E-state index contributed by atoms with van der Waals surface area (Å²) in [5.74, 6) is 0.715. The molecule has 0 radical (unpaired) electrons. The monoisotopic (exact) mass is 582 g/mol. The third kappa shape index (κ3) is 5.94. The lowest BCUT2D eigenvalue weighted by molar-refractivity contribution is 0.323. The lowest BCUT2D eigenvalue weighted by Gasteiger charge is -2.38. The average molecular weight is 583 g/mol. The molecule has 0 saturated heterocycles. The third-order valence-electron chi connectivity index (χ3n) is 10.8. The van der Waals surface area contributed by atoms with E-state index in [0.29, 0.717) is 11.3 Å². The van der Waals surface area contributed by atoms with E-state index < -0.39 is 0 Å². The van der Waals surface area contributed by atoms with Gasteiger partial charge in [-0.3, -0.25) is 0 Å². The maximum Gasteiger partial charge on any atom is 0.0463 e. The molecule has 0 spiro atoms. The van der Waals surface area contributed by atoms with Gasteiger partial charge >= 0.3 is 0 Å². The molecule has 230 valence electrons. The third-order valence-corrected chi connectivity index (χ3v) is 10.8. The minimum Gasteiger partial charge on any atom is -0.0654 e. The molecule has 2 aliphatic carbocycles. The van der Waals surface area contributed by atoms with Gasteiger partial charge in [-0.25, -0.2) is 0 Å². The summed E-state index contributed by atoms with van der Waals surface area (Å²) in [7, 11) is 0. The number of unbranched alkanes of at least 4 members (excludes halogenated alkanes) is 4. The lowest BCUT2D eigenvalue weighted by Crippen LogP contribution is -2.29. The van der Waals surface area contributed by atoms with Crippen molar-refractivity contribution in [2.75, 3.05) is 0 Å². The van der Waals surface area contributed by atoms with Gasteiger partial charge in [0.2, 0.25) is 0 Å². The van der Waals surface area contributed by atoms with Crippen LogP contribution in [0.4, 0.5) is 0 Å². The first kappa shape index (κ1) is 30.9. The van der Waals surface area contributed by atoms with Crippen molar-refractivity contribution in [2.24, 2.45) is 5.41 Å². The Morgan fingerprint density at radius 3 is 1.84 bits per heavy atom. The summed E-state index contributed by atoms with van der Waals surface area (Å²) in [4.78, 5) is 0. The minimum absolute atomic E-state index is 0.0787. The molecule has 0 aliphatic heterocycles. The summed E-state index contributed by atoms with van der Waals surface area (Å²) in [6, 6.07) is 31.1. The van der Waals surface area contributed by atoms with Crippen LogP contribution in [0.25, 0.3) is 11.1 Å². The summed E-state index contributed by atoms with van der Waals surface area (Å²) in [5, 5.41) is 0. The van der Waals surface area contributed by atoms with E-state index >= 15 is 0 Å². The highest BCUT2D eigenvalue weighted by Gasteiger charge is 2.44. The number of hydrogen-bond donors (Lipinski definition) is 0. The van der Waals surface area contributed by atoms with Crippen LogP contribution in [-0.4, -0.2) is 0 Å². The van der Waals surface area contributed by atoms with Crippen molar-refractivity contribution >= 4 is 0 Å². The molecule has 0 nitrogen and oxygen atoms in total. The second-order valence-corrected chi connectivity index (χ2v) is 15.3. The zero-order valence-corrected chi connectivity index (χ0v) is 28.4. The molecule has 1 unspecified atom stereocenters. The molecule has 6 rings (SSSR count). The fourth-order valence-corrected chi connectivity index (χ4v) is 8.58. The molecule has 44 heavy (non-hydrogen) atoms. The van der Waals surface area contributed by atoms with Crippen LogP contribution in [0.3, 0.4) is 0 Å². The maximum atomic E-state index is 2.60. The first-order valence-corrected chi connectivity index (χ1v) is 17.6. The van der Waals surface area contributed by atoms with Crippen molar-refractivity contribution in [2.45, 2.75) is 124 Å². The highest BCUT2D eigenvalue weighted by molar-refractivity contribution is 5.83. The molecular weight excluding hydrogens is 528 g/mol. The van der Waals surface area contributed by atoms with E-state index in [1.807, 2.05) is 0 Å². The second kappa shape index (κ2) is 12.7. The van der Waals surface area contributed by atoms with Crippen molar-refractivity contribution in [3.05, 3.63) is 129 Å². The fourth-order valence-electron chi connectivity index (χ4n) is 8.58. The smallest absolute Gasteiger partial charge is 0.0463 e. The SMILES string of the molecule is CCCCCCc1cc(C)c(CCCCC2(c3ccc4c(c3)CC4CC(C)(C)C)c3ccccc3-c3ccccc32)cc1C. The van der Waals surface area contributed by atoms with Gasteiger partial charge < -0.3 is 0 Å². The Morgan fingerprint density at radius 1 is 0.682 bits per heavy atom. The summed E-state index contributed by atoms with van der Waals surface area (Å²) in [6.45, 7) is 14.1. The van der Waals surface area contributed by atoms with Gasteiger partial charge in [0.1, 0.15) is 0 Å². The molecule has 2 aliphatic rings. The average Bonchev–Trinajstić information content (AvgIpc) is 3.28. The van der Waals surface area contributed by atoms with Crippen LogP contribution in [0.2, 0.25) is 0 Å². The van der Waals surface area contributed by atoms with Crippen LogP contribution in [0, 0.1) is 19.3 Å². The van der Waals surface area contributed by atoms with E-state index in [2.05, 4.69) is 120 Å². The van der Waals surface area contributed by atoms with Gasteiger partial charge in [-0.05, 0) is 131 Å². The first-order valence-electron chi connectivity index (χ1n) is 17.6. The predicted octanol–water partition coefficient (Wildman–Crippen LogP) is 12.2. The number of aryl methyl sites for hydroxylation is 4. The standard InChI is InChI=1S/C44H54/c1-7-8-9-10-17-33-26-32(3)34(27-31(33)2)18-15-16-25-44(37-23-24-38-35(29-37)28-36(38)30-43(4,5)6)41-21-13-11-19-39(41)40-20-12-14-22-42(40)44/h11-14,19-24,26-27,29,36H,7-10,15-18,25,28,30H2,1-6H3. The van der Waals surface area contributed by atoms with E-state index in [0.717, 1.165) is 6.42 Å². The molecule has 4 aromatic rings. The largest absolute Gasteiger partial charge is 0.0654 e. The van der Waals surface area contributed by atoms with Crippen molar-refractivity contribution in [1.29, 1.82) is 0 Å². The summed E-state index contributed by atoms with van der Waals surface area (Å²) >= 11 is 0. The predicted molar refractivity (Wildman–Crippen MR) is 190 cm³/mol. The lowest BCUT2D eigenvalue weighted by atomic mass is 9.65. The van der Waals surface area contributed by atoms with Gasteiger partial charge in [-0.1, -0.05) is 132 Å². The number of hydrogen-bond acceptors (Lipinski definition) is 0. The van der Waals surface area contributed by atoms with Crippen molar-refractivity contribution < 1.29 is 0 Å². The van der Waals surface area contributed by atoms with Crippen LogP contribution in [0.5, 0.6) is 0 Å². The first-order chi connectivity index (χ1) is 21.2. The summed E-state index contributed by atoms with van der Waals surface area (Å²) in [6.07, 6.45) is 13.8. The topological polar surface area (TPSA) is 0 Å². The second-order valence-electron chi connectivity index (χ2n) is 15.3. The Labute approximate surface area is 268 Å². The van der Waals surface area contributed by atoms with Crippen LogP contribution in [0.15, 0.2) is 78.9 Å². The van der Waals surface area contributed by atoms with Gasteiger partial charge in [0.25, 0.3) is 0 Å². The molecule has 0 heterocycles. The van der Waals surface area contributed by atoms with Crippen LogP contribution in [0.1, 0.15) is 135 Å². The molecule has 0 heteroatoms. The van der Waals surface area contributed by atoms with E-state index in [1.165, 1.54) is 103 Å². The van der Waals surface area contributed by atoms with Crippen molar-refractivity contribution in [3.63, 3.8) is 0 Å². The van der Waals surface area contributed by atoms with Gasteiger partial charge in [-0.15, -0.1) is 0 Å². The molecule has 0 amide bonds. The van der Waals surface area contributed by atoms with E-state index in [1.54, 1.807) is 22.3 Å². The normalized spacial score (nSPS) is 16.3. The molecule has 0 aromatic heterocycles. The Balaban J connectivity index is 1.26. The molecule has 0 bridgehead atoms. The molecule has 0 N–H and O–H groups in total. The number of benzene rings is 4. The van der Waals surface area contributed by atoms with Crippen LogP contribution >= 0.6 is 0 Å². The highest BCUT2D eigenvalue weighted by atomic mass is 14.5. The van der Waals surface area contributed by atoms with Gasteiger partial charge in [-0.2, -0.15) is 0 Å². The molecule has 0 saturated carbocycles. The summed E-state index contributed by atoms with van der Waals surface area (Å²) < 4.78 is 0. The van der Waals surface area contributed by atoms with Gasteiger partial charge in [0, 0.05) is 5.41 Å². The van der Waals surface area contributed by atoms with Crippen LogP contribution in [-0.2, 0) is 24.7 Å². The molecule has 4 aromatic carbocycles. The van der Waals surface area contributed by atoms with E-state index in [4.69, 9.17) is 0 Å². The van der Waals surface area contributed by atoms with Gasteiger partial charge in [0.15, 0.2) is 0 Å². The minimum atomic E-state index is -0.0787. The van der Waals surface area contributed by atoms with Crippen molar-refractivity contribution in [1.82, 2.24) is 0 Å². The zero-order chi connectivity index (χ0) is 30.9. The summed E-state index contributed by atoms with van der Waals surface area (Å²) in [5.41, 5.74) is 16.9. The van der Waals surface area contributed by atoms with Crippen LogP contribution < -0.4 is 0 Å². The van der Waals surface area contributed by atoms with Gasteiger partial charge in [0.05, 0.1) is 0 Å².